The van der Waals surface area contributed by atoms with Gasteiger partial charge in [0.05, 0.1) is 10.5 Å². The Bertz CT molecular complexity index is 603. The van der Waals surface area contributed by atoms with Crippen LogP contribution in [0.15, 0.2) is 34.9 Å². The monoisotopic (exact) mass is 368 g/mol. The first-order valence-electron chi connectivity index (χ1n) is 6.77. The fraction of sp³-hybridized carbons (Fsp3) is 0.333. The highest BCUT2D eigenvalue weighted by atomic mass is 79.9. The lowest BCUT2D eigenvalue weighted by Gasteiger charge is -2.27. The van der Waals surface area contributed by atoms with E-state index in [-0.39, 0.29) is 6.04 Å². The molecule has 0 radical (unpaired) electrons. The molecule has 0 saturated carbocycles. The topological polar surface area (TPSA) is 41.1 Å². The molecule has 0 spiro atoms. The first-order valence-corrected chi connectivity index (χ1v) is 7.94. The minimum Gasteiger partial charge on any atom is -0.354 e. The van der Waals surface area contributed by atoms with E-state index in [0.717, 1.165) is 21.9 Å². The highest BCUT2D eigenvalue weighted by Crippen LogP contribution is 2.30. The molecule has 0 amide bonds. The van der Waals surface area contributed by atoms with Crippen molar-refractivity contribution in [3.05, 3.63) is 45.5 Å². The van der Waals surface area contributed by atoms with Crippen molar-refractivity contribution >= 4 is 39.3 Å². The maximum Gasteiger partial charge on any atom is 0.224 e. The number of anilines is 2. The molecule has 0 fully saturated rings. The van der Waals surface area contributed by atoms with Crippen molar-refractivity contribution in [1.29, 1.82) is 0 Å². The molecule has 0 aliphatic heterocycles. The van der Waals surface area contributed by atoms with E-state index in [1.807, 2.05) is 38.2 Å². The number of rotatable bonds is 5. The summed E-state index contributed by atoms with van der Waals surface area (Å²) in [6, 6.07) is 8.04. The van der Waals surface area contributed by atoms with E-state index in [1.54, 1.807) is 6.20 Å². The molecule has 6 heteroatoms. The number of aromatic nitrogens is 2. The second-order valence-electron chi connectivity index (χ2n) is 4.73. The minimum atomic E-state index is 0.169. The van der Waals surface area contributed by atoms with Gasteiger partial charge in [0.25, 0.3) is 0 Å². The van der Waals surface area contributed by atoms with E-state index < -0.39 is 0 Å². The summed E-state index contributed by atoms with van der Waals surface area (Å²) >= 11 is 9.46. The third-order valence-corrected chi connectivity index (χ3v) is 4.14. The van der Waals surface area contributed by atoms with Crippen LogP contribution in [-0.2, 0) is 0 Å². The van der Waals surface area contributed by atoms with E-state index >= 15 is 0 Å². The van der Waals surface area contributed by atoms with Crippen molar-refractivity contribution in [2.75, 3.05) is 23.8 Å². The van der Waals surface area contributed by atoms with Crippen molar-refractivity contribution in [3.63, 3.8) is 0 Å². The minimum absolute atomic E-state index is 0.169. The van der Waals surface area contributed by atoms with Crippen LogP contribution < -0.4 is 10.2 Å². The van der Waals surface area contributed by atoms with E-state index in [1.165, 1.54) is 5.56 Å². The van der Waals surface area contributed by atoms with Crippen LogP contribution in [0, 0.1) is 0 Å². The maximum atomic E-state index is 5.94. The number of hydrogen-bond donors (Lipinski definition) is 1. The molecule has 1 aromatic heterocycles. The number of nitrogens with zero attached hydrogens (tertiary/aromatic N) is 3. The Morgan fingerprint density at radius 1 is 1.33 bits per heavy atom. The van der Waals surface area contributed by atoms with Crippen LogP contribution in [0.25, 0.3) is 0 Å². The summed E-state index contributed by atoms with van der Waals surface area (Å²) in [7, 11) is 2.02. The van der Waals surface area contributed by atoms with Crippen molar-refractivity contribution in [3.8, 4) is 0 Å². The van der Waals surface area contributed by atoms with Gasteiger partial charge in [-0.1, -0.05) is 23.7 Å². The van der Waals surface area contributed by atoms with Gasteiger partial charge in [0.2, 0.25) is 5.95 Å². The average molecular weight is 370 g/mol. The van der Waals surface area contributed by atoms with Crippen LogP contribution >= 0.6 is 27.5 Å². The second-order valence-corrected chi connectivity index (χ2v) is 6.02. The van der Waals surface area contributed by atoms with Crippen LogP contribution in [0.5, 0.6) is 0 Å². The third kappa shape index (κ3) is 3.86. The molecule has 0 saturated heterocycles. The predicted octanol–water partition coefficient (Wildman–Crippen LogP) is 4.52. The highest BCUT2D eigenvalue weighted by molar-refractivity contribution is 9.10. The molecule has 2 aromatic rings. The fourth-order valence-electron chi connectivity index (χ4n) is 2.00. The lowest BCUT2D eigenvalue weighted by molar-refractivity contribution is 0.725. The number of hydrogen-bond acceptors (Lipinski definition) is 4. The molecule has 2 rings (SSSR count). The van der Waals surface area contributed by atoms with Gasteiger partial charge < -0.3 is 10.2 Å². The normalized spacial score (nSPS) is 12.0. The molecule has 1 N–H and O–H groups in total. The lowest BCUT2D eigenvalue weighted by atomic mass is 10.1. The Hall–Kier alpha value is -1.33. The number of benzene rings is 1. The second kappa shape index (κ2) is 7.09. The summed E-state index contributed by atoms with van der Waals surface area (Å²) < 4.78 is 0.868. The Morgan fingerprint density at radius 2 is 2.00 bits per heavy atom. The molecule has 1 atom stereocenters. The highest BCUT2D eigenvalue weighted by Gasteiger charge is 2.17. The van der Waals surface area contributed by atoms with Gasteiger partial charge in [-0.15, -0.1) is 0 Å². The first kappa shape index (κ1) is 16.0. The third-order valence-electron chi connectivity index (χ3n) is 3.33. The summed E-state index contributed by atoms with van der Waals surface area (Å²) in [5.41, 5.74) is 1.18. The zero-order chi connectivity index (χ0) is 15.4. The lowest BCUT2D eigenvalue weighted by Crippen LogP contribution is -2.23. The van der Waals surface area contributed by atoms with Gasteiger partial charge in [-0.05, 0) is 47.5 Å². The number of halogens is 2. The summed E-state index contributed by atoms with van der Waals surface area (Å²) in [5.74, 6) is 1.48. The van der Waals surface area contributed by atoms with E-state index in [0.29, 0.717) is 5.95 Å². The van der Waals surface area contributed by atoms with E-state index in [4.69, 9.17) is 11.6 Å². The maximum absolute atomic E-state index is 5.94. The summed E-state index contributed by atoms with van der Waals surface area (Å²) in [6.45, 7) is 4.94. The van der Waals surface area contributed by atoms with E-state index in [2.05, 4.69) is 43.0 Å². The quantitative estimate of drug-likeness (QED) is 0.841. The zero-order valence-electron chi connectivity index (χ0n) is 12.3. The molecule has 1 heterocycles. The van der Waals surface area contributed by atoms with Gasteiger partial charge in [0, 0.05) is 24.8 Å². The molecule has 4 nitrogen and oxygen atoms in total. The van der Waals surface area contributed by atoms with Crippen molar-refractivity contribution in [2.45, 2.75) is 19.9 Å². The Kier molecular flexibility index (Phi) is 5.42. The molecular weight excluding hydrogens is 352 g/mol. The number of nitrogens with one attached hydrogen (secondary N) is 1. The Morgan fingerprint density at radius 3 is 2.62 bits per heavy atom. The van der Waals surface area contributed by atoms with Gasteiger partial charge in [-0.25, -0.2) is 4.98 Å². The molecule has 1 unspecified atom stereocenters. The van der Waals surface area contributed by atoms with Crippen LogP contribution in [0.1, 0.15) is 25.5 Å². The van der Waals surface area contributed by atoms with Crippen LogP contribution in [-0.4, -0.2) is 23.6 Å². The smallest absolute Gasteiger partial charge is 0.224 e. The Balaban J connectivity index is 2.27. The SMILES string of the molecule is CCNc1ncc(Br)c(N(C)C(C)c2ccc(Cl)cc2)n1. The van der Waals surface area contributed by atoms with Crippen LogP contribution in [0.3, 0.4) is 0 Å². The van der Waals surface area contributed by atoms with Crippen molar-refractivity contribution in [1.82, 2.24) is 9.97 Å². The first-order chi connectivity index (χ1) is 10.0. The molecule has 0 bridgehead atoms. The van der Waals surface area contributed by atoms with Crippen LogP contribution in [0.4, 0.5) is 11.8 Å². The largest absolute Gasteiger partial charge is 0.354 e. The van der Waals surface area contributed by atoms with Crippen molar-refractivity contribution < 1.29 is 0 Å². The summed E-state index contributed by atoms with van der Waals surface area (Å²) in [6.07, 6.45) is 1.77. The molecule has 0 aliphatic carbocycles. The molecular formula is C15H18BrClN4. The standard InChI is InChI=1S/C15H18BrClN4/c1-4-18-15-19-9-13(16)14(20-15)21(3)10(2)11-5-7-12(17)8-6-11/h5-10H,4H2,1-3H3,(H,18,19,20). The van der Waals surface area contributed by atoms with E-state index in [9.17, 15) is 0 Å². The molecule has 21 heavy (non-hydrogen) atoms. The average Bonchev–Trinajstić information content (AvgIpc) is 2.49. The molecule has 1 aromatic carbocycles. The van der Waals surface area contributed by atoms with Crippen molar-refractivity contribution in [2.24, 2.45) is 0 Å². The van der Waals surface area contributed by atoms with Gasteiger partial charge >= 0.3 is 0 Å². The molecule has 112 valence electrons. The van der Waals surface area contributed by atoms with Crippen LogP contribution in [0.2, 0.25) is 5.02 Å². The van der Waals surface area contributed by atoms with Gasteiger partial charge in [-0.2, -0.15) is 4.98 Å². The Labute approximate surface area is 138 Å². The van der Waals surface area contributed by atoms with Gasteiger partial charge in [0.15, 0.2) is 0 Å². The summed E-state index contributed by atoms with van der Waals surface area (Å²) in [5, 5.41) is 3.87. The predicted molar refractivity (Wildman–Crippen MR) is 92.2 cm³/mol. The summed E-state index contributed by atoms with van der Waals surface area (Å²) in [4.78, 5) is 10.9. The van der Waals surface area contributed by atoms with Gasteiger partial charge in [0.1, 0.15) is 5.82 Å². The fourth-order valence-corrected chi connectivity index (χ4v) is 2.59. The molecule has 0 aliphatic rings. The zero-order valence-corrected chi connectivity index (χ0v) is 14.6. The van der Waals surface area contributed by atoms with Gasteiger partial charge in [-0.3, -0.25) is 0 Å².